The summed E-state index contributed by atoms with van der Waals surface area (Å²) in [5, 5.41) is 0. The average molecular weight is 290 g/mol. The van der Waals surface area contributed by atoms with Gasteiger partial charge in [-0.2, -0.15) is 0 Å². The molecule has 0 saturated heterocycles. The van der Waals surface area contributed by atoms with E-state index in [4.69, 9.17) is 15.2 Å². The zero-order chi connectivity index (χ0) is 14.2. The lowest BCUT2D eigenvalue weighted by Gasteiger charge is -2.36. The van der Waals surface area contributed by atoms with Gasteiger partial charge in [-0.1, -0.05) is 6.07 Å². The monoisotopic (exact) mass is 290 g/mol. The molecule has 0 fully saturated rings. The fourth-order valence-electron chi connectivity index (χ4n) is 2.45. The molecule has 5 heteroatoms. The second-order valence-corrected chi connectivity index (χ2v) is 6.60. The number of fused-ring (bicyclic) bond motifs is 1. The highest BCUT2D eigenvalue weighted by atomic mass is 32.1. The van der Waals surface area contributed by atoms with Crippen LogP contribution in [0.2, 0.25) is 0 Å². The van der Waals surface area contributed by atoms with Crippen molar-refractivity contribution < 1.29 is 9.47 Å². The quantitative estimate of drug-likeness (QED) is 0.942. The molecule has 0 aliphatic carbocycles. The maximum absolute atomic E-state index is 6.20. The Hall–Kier alpha value is -1.59. The smallest absolute Gasteiger partial charge is 0.128 e. The number of rotatable bonds is 3. The van der Waals surface area contributed by atoms with Crippen LogP contribution in [0.1, 0.15) is 36.8 Å². The molecule has 0 saturated carbocycles. The standard InChI is InChI=1S/C15H18N2O2S/c1-15(2)6-13(16)12-4-3-10(5-14(12)19-15)18-8-11-7-17-9-20-11/h3-5,7,9,13H,6,8,16H2,1-2H3. The summed E-state index contributed by atoms with van der Waals surface area (Å²) >= 11 is 1.58. The first-order chi connectivity index (χ1) is 9.53. The molecule has 1 atom stereocenters. The minimum absolute atomic E-state index is 0.0179. The van der Waals surface area contributed by atoms with Crippen LogP contribution in [-0.2, 0) is 6.61 Å². The average Bonchev–Trinajstić information content (AvgIpc) is 2.87. The Labute approximate surface area is 122 Å². The molecule has 1 aliphatic heterocycles. The summed E-state index contributed by atoms with van der Waals surface area (Å²) in [5.74, 6) is 1.62. The summed E-state index contributed by atoms with van der Waals surface area (Å²) in [6.07, 6.45) is 2.64. The van der Waals surface area contributed by atoms with Gasteiger partial charge in [0.25, 0.3) is 0 Å². The van der Waals surface area contributed by atoms with Crippen LogP contribution in [0.25, 0.3) is 0 Å². The summed E-state index contributed by atoms with van der Waals surface area (Å²) in [6.45, 7) is 4.64. The summed E-state index contributed by atoms with van der Waals surface area (Å²) in [6, 6.07) is 5.89. The van der Waals surface area contributed by atoms with E-state index >= 15 is 0 Å². The van der Waals surface area contributed by atoms with Gasteiger partial charge in [0.15, 0.2) is 0 Å². The number of ether oxygens (including phenoxy) is 2. The van der Waals surface area contributed by atoms with E-state index in [2.05, 4.69) is 18.8 Å². The van der Waals surface area contributed by atoms with Gasteiger partial charge in [0.1, 0.15) is 23.7 Å². The van der Waals surface area contributed by atoms with Gasteiger partial charge in [0.05, 0.1) is 10.4 Å². The molecule has 3 rings (SSSR count). The molecule has 106 valence electrons. The molecule has 0 bridgehead atoms. The van der Waals surface area contributed by atoms with Crippen molar-refractivity contribution in [1.29, 1.82) is 0 Å². The molecule has 0 radical (unpaired) electrons. The Kier molecular flexibility index (Phi) is 3.40. The van der Waals surface area contributed by atoms with Crippen LogP contribution in [0.3, 0.4) is 0 Å². The minimum atomic E-state index is -0.233. The number of aromatic nitrogens is 1. The maximum atomic E-state index is 6.20. The van der Waals surface area contributed by atoms with Gasteiger partial charge in [-0.25, -0.2) is 0 Å². The van der Waals surface area contributed by atoms with Gasteiger partial charge in [0, 0.05) is 30.3 Å². The number of nitrogens with two attached hydrogens (primary N) is 1. The number of nitrogens with zero attached hydrogens (tertiary/aromatic N) is 1. The van der Waals surface area contributed by atoms with Crippen molar-refractivity contribution in [3.05, 3.63) is 40.3 Å². The van der Waals surface area contributed by atoms with Crippen LogP contribution < -0.4 is 15.2 Å². The molecule has 2 N–H and O–H groups in total. The largest absolute Gasteiger partial charge is 0.488 e. The molecule has 0 spiro atoms. The van der Waals surface area contributed by atoms with E-state index in [1.54, 1.807) is 16.8 Å². The van der Waals surface area contributed by atoms with Crippen LogP contribution >= 0.6 is 11.3 Å². The molecule has 1 aromatic heterocycles. The summed E-state index contributed by atoms with van der Waals surface area (Å²) in [5.41, 5.74) is 8.81. The van der Waals surface area contributed by atoms with E-state index in [9.17, 15) is 0 Å². The Morgan fingerprint density at radius 3 is 3.10 bits per heavy atom. The molecule has 20 heavy (non-hydrogen) atoms. The number of hydrogen-bond donors (Lipinski definition) is 1. The fraction of sp³-hybridized carbons (Fsp3) is 0.400. The zero-order valence-corrected chi connectivity index (χ0v) is 12.4. The molecular formula is C15H18N2O2S. The van der Waals surface area contributed by atoms with E-state index < -0.39 is 0 Å². The van der Waals surface area contributed by atoms with Gasteiger partial charge >= 0.3 is 0 Å². The second kappa shape index (κ2) is 5.07. The summed E-state index contributed by atoms with van der Waals surface area (Å²) in [7, 11) is 0. The highest BCUT2D eigenvalue weighted by molar-refractivity contribution is 7.09. The van der Waals surface area contributed by atoms with Crippen molar-refractivity contribution in [2.75, 3.05) is 0 Å². The molecule has 4 nitrogen and oxygen atoms in total. The predicted molar refractivity (Wildman–Crippen MR) is 79.1 cm³/mol. The van der Waals surface area contributed by atoms with Crippen molar-refractivity contribution in [2.24, 2.45) is 5.73 Å². The topological polar surface area (TPSA) is 57.4 Å². The van der Waals surface area contributed by atoms with Crippen molar-refractivity contribution in [1.82, 2.24) is 4.98 Å². The van der Waals surface area contributed by atoms with Gasteiger partial charge in [0.2, 0.25) is 0 Å². The third-order valence-corrected chi connectivity index (χ3v) is 4.10. The Morgan fingerprint density at radius 1 is 1.50 bits per heavy atom. The molecular weight excluding hydrogens is 272 g/mol. The Balaban J connectivity index is 1.78. The molecule has 0 amide bonds. The Bertz CT molecular complexity index is 596. The van der Waals surface area contributed by atoms with Gasteiger partial charge < -0.3 is 15.2 Å². The van der Waals surface area contributed by atoms with Gasteiger partial charge in [-0.05, 0) is 19.9 Å². The third kappa shape index (κ3) is 2.78. The maximum Gasteiger partial charge on any atom is 0.128 e. The van der Waals surface area contributed by atoms with Crippen molar-refractivity contribution >= 4 is 11.3 Å². The number of thiazole rings is 1. The summed E-state index contributed by atoms with van der Waals surface area (Å²) < 4.78 is 11.8. The summed E-state index contributed by atoms with van der Waals surface area (Å²) in [4.78, 5) is 5.13. The van der Waals surface area contributed by atoms with Gasteiger partial charge in [-0.3, -0.25) is 4.98 Å². The van der Waals surface area contributed by atoms with Crippen LogP contribution in [0.15, 0.2) is 29.9 Å². The Morgan fingerprint density at radius 2 is 2.35 bits per heavy atom. The number of hydrogen-bond acceptors (Lipinski definition) is 5. The SMILES string of the molecule is CC1(C)CC(N)c2ccc(OCc3cncs3)cc2O1. The normalized spacial score (nSPS) is 20.1. The molecule has 1 unspecified atom stereocenters. The van der Waals surface area contributed by atoms with Crippen molar-refractivity contribution in [3.63, 3.8) is 0 Å². The minimum Gasteiger partial charge on any atom is -0.488 e. The molecule has 2 aromatic rings. The van der Waals surface area contributed by atoms with E-state index in [1.165, 1.54) is 0 Å². The van der Waals surface area contributed by atoms with Crippen molar-refractivity contribution in [2.45, 2.75) is 38.5 Å². The highest BCUT2D eigenvalue weighted by Gasteiger charge is 2.31. The first-order valence-electron chi connectivity index (χ1n) is 6.62. The van der Waals surface area contributed by atoms with E-state index in [1.807, 2.05) is 24.4 Å². The van der Waals surface area contributed by atoms with Crippen LogP contribution in [0, 0.1) is 0 Å². The lowest BCUT2D eigenvalue weighted by atomic mass is 9.90. The first-order valence-corrected chi connectivity index (χ1v) is 7.50. The molecule has 1 aromatic carbocycles. The second-order valence-electron chi connectivity index (χ2n) is 5.63. The third-order valence-electron chi connectivity index (χ3n) is 3.35. The first kappa shape index (κ1) is 13.4. The predicted octanol–water partition coefficient (Wildman–Crippen LogP) is 3.28. The van der Waals surface area contributed by atoms with Gasteiger partial charge in [-0.15, -0.1) is 11.3 Å². The molecule has 1 aliphatic rings. The van der Waals surface area contributed by atoms with Crippen LogP contribution in [0.4, 0.5) is 0 Å². The lowest BCUT2D eigenvalue weighted by molar-refractivity contribution is 0.0724. The van der Waals surface area contributed by atoms with E-state index in [0.717, 1.165) is 28.4 Å². The van der Waals surface area contributed by atoms with Crippen molar-refractivity contribution in [3.8, 4) is 11.5 Å². The fourth-order valence-corrected chi connectivity index (χ4v) is 2.95. The number of benzene rings is 1. The zero-order valence-electron chi connectivity index (χ0n) is 11.6. The van der Waals surface area contributed by atoms with Crippen LogP contribution in [0.5, 0.6) is 11.5 Å². The van der Waals surface area contributed by atoms with Crippen LogP contribution in [-0.4, -0.2) is 10.6 Å². The lowest BCUT2D eigenvalue weighted by Crippen LogP contribution is -2.37. The highest BCUT2D eigenvalue weighted by Crippen LogP contribution is 2.40. The van der Waals surface area contributed by atoms with E-state index in [0.29, 0.717) is 6.61 Å². The molecule has 2 heterocycles. The van der Waals surface area contributed by atoms with E-state index in [-0.39, 0.29) is 11.6 Å².